The number of H-pyrrole nitrogens is 1. The highest BCUT2D eigenvalue weighted by molar-refractivity contribution is 5.76. The molecule has 3 rings (SSSR count). The van der Waals surface area contributed by atoms with Crippen molar-refractivity contribution in [3.63, 3.8) is 0 Å². The topological polar surface area (TPSA) is 89.0 Å². The average molecular weight is 393 g/mol. The highest BCUT2D eigenvalue weighted by Gasteiger charge is 2.15. The summed E-state index contributed by atoms with van der Waals surface area (Å²) < 4.78 is 0. The fraction of sp³-hybridized carbons (Fsp3) is 0.435. The number of likely N-dealkylation sites (tertiary alicyclic amines) is 1. The zero-order valence-corrected chi connectivity index (χ0v) is 17.2. The fourth-order valence-electron chi connectivity index (χ4n) is 4.01. The minimum absolute atomic E-state index is 0.0375. The molecule has 0 saturated carbocycles. The van der Waals surface area contributed by atoms with Crippen LogP contribution in [0.4, 0.5) is 0 Å². The van der Waals surface area contributed by atoms with E-state index in [-0.39, 0.29) is 17.0 Å². The van der Waals surface area contributed by atoms with Crippen LogP contribution in [0, 0.1) is 25.2 Å². The summed E-state index contributed by atoms with van der Waals surface area (Å²) in [6.45, 7) is 7.29. The van der Waals surface area contributed by atoms with Gasteiger partial charge in [0, 0.05) is 25.2 Å². The first-order valence-corrected chi connectivity index (χ1v) is 10.2. The molecule has 0 atom stereocenters. The van der Waals surface area contributed by atoms with Gasteiger partial charge < -0.3 is 10.3 Å². The highest BCUT2D eigenvalue weighted by Crippen LogP contribution is 2.17. The van der Waals surface area contributed by atoms with Crippen LogP contribution in [-0.4, -0.2) is 28.9 Å². The minimum Gasteiger partial charge on any atom is -0.352 e. The predicted octanol–water partition coefficient (Wildman–Crippen LogP) is 2.71. The number of aromatic nitrogens is 1. The molecule has 152 valence electrons. The Balaban J connectivity index is 1.59. The molecule has 1 aromatic carbocycles. The van der Waals surface area contributed by atoms with E-state index in [0.29, 0.717) is 24.9 Å². The molecule has 0 bridgehead atoms. The van der Waals surface area contributed by atoms with Crippen molar-refractivity contribution in [3.05, 3.63) is 68.1 Å². The Morgan fingerprint density at radius 3 is 2.59 bits per heavy atom. The lowest BCUT2D eigenvalue weighted by atomic mass is 9.99. The summed E-state index contributed by atoms with van der Waals surface area (Å²) in [4.78, 5) is 29.4. The van der Waals surface area contributed by atoms with Crippen LogP contribution in [0.5, 0.6) is 0 Å². The lowest BCUT2D eigenvalue weighted by Gasteiger charge is -2.18. The molecule has 1 saturated heterocycles. The van der Waals surface area contributed by atoms with E-state index in [9.17, 15) is 14.9 Å². The average Bonchev–Trinajstić information content (AvgIpc) is 3.20. The first-order chi connectivity index (χ1) is 14.0. The van der Waals surface area contributed by atoms with Gasteiger partial charge in [-0.1, -0.05) is 24.3 Å². The number of nitriles is 1. The molecule has 1 amide bonds. The second-order valence-corrected chi connectivity index (χ2v) is 7.70. The number of nitrogens with one attached hydrogen (secondary N) is 2. The molecule has 1 aliphatic heterocycles. The Labute approximate surface area is 171 Å². The van der Waals surface area contributed by atoms with Crippen LogP contribution in [0.2, 0.25) is 0 Å². The molecule has 0 aliphatic carbocycles. The first-order valence-electron chi connectivity index (χ1n) is 10.2. The summed E-state index contributed by atoms with van der Waals surface area (Å²) in [7, 11) is 0. The molecule has 2 aromatic rings. The number of pyridine rings is 1. The predicted molar refractivity (Wildman–Crippen MR) is 112 cm³/mol. The van der Waals surface area contributed by atoms with Gasteiger partial charge in [-0.25, -0.2) is 0 Å². The number of aromatic amines is 1. The molecule has 0 radical (unpaired) electrons. The second kappa shape index (κ2) is 9.53. The van der Waals surface area contributed by atoms with Gasteiger partial charge in [0.15, 0.2) is 0 Å². The van der Waals surface area contributed by atoms with Gasteiger partial charge in [0.2, 0.25) is 5.91 Å². The third-order valence-electron chi connectivity index (χ3n) is 5.71. The van der Waals surface area contributed by atoms with Crippen molar-refractivity contribution in [2.75, 3.05) is 13.1 Å². The largest absolute Gasteiger partial charge is 0.352 e. The molecule has 1 aliphatic rings. The maximum Gasteiger partial charge on any atom is 0.266 e. The zero-order chi connectivity index (χ0) is 20.8. The standard InChI is InChI=1S/C23H28N4O2/c1-16-20(17(2)26-23(29)21(16)13-24)9-10-22(28)25-14-18-7-3-4-8-19(18)15-27-11-5-6-12-27/h3-4,7-8H,5-6,9-12,14-15H2,1-2H3,(H,25,28)(H,26,29). The Hall–Kier alpha value is -2.91. The first kappa shape index (κ1) is 20.8. The van der Waals surface area contributed by atoms with E-state index in [1.165, 1.54) is 18.4 Å². The van der Waals surface area contributed by atoms with Crippen molar-refractivity contribution in [1.29, 1.82) is 5.26 Å². The van der Waals surface area contributed by atoms with Gasteiger partial charge in [0.05, 0.1) is 0 Å². The van der Waals surface area contributed by atoms with Crippen molar-refractivity contribution in [1.82, 2.24) is 15.2 Å². The smallest absolute Gasteiger partial charge is 0.266 e. The van der Waals surface area contributed by atoms with Gasteiger partial charge in [0.1, 0.15) is 11.6 Å². The summed E-state index contributed by atoms with van der Waals surface area (Å²) >= 11 is 0. The van der Waals surface area contributed by atoms with E-state index < -0.39 is 0 Å². The van der Waals surface area contributed by atoms with Crippen LogP contribution in [0.1, 0.15) is 52.8 Å². The van der Waals surface area contributed by atoms with E-state index in [0.717, 1.165) is 36.5 Å². The SMILES string of the molecule is Cc1[nH]c(=O)c(C#N)c(C)c1CCC(=O)NCc1ccccc1CN1CCCC1. The van der Waals surface area contributed by atoms with Crippen molar-refractivity contribution in [2.45, 2.75) is 52.6 Å². The molecule has 0 spiro atoms. The molecule has 0 unspecified atom stereocenters. The number of amides is 1. The monoisotopic (exact) mass is 392 g/mol. The maximum absolute atomic E-state index is 12.4. The van der Waals surface area contributed by atoms with Gasteiger partial charge in [-0.3, -0.25) is 14.5 Å². The van der Waals surface area contributed by atoms with Gasteiger partial charge in [-0.05, 0) is 68.5 Å². The lowest BCUT2D eigenvalue weighted by Crippen LogP contribution is -2.25. The van der Waals surface area contributed by atoms with Crippen molar-refractivity contribution in [2.24, 2.45) is 0 Å². The van der Waals surface area contributed by atoms with Gasteiger partial charge >= 0.3 is 0 Å². The number of hydrogen-bond acceptors (Lipinski definition) is 4. The van der Waals surface area contributed by atoms with Crippen LogP contribution in [0.15, 0.2) is 29.1 Å². The second-order valence-electron chi connectivity index (χ2n) is 7.70. The lowest BCUT2D eigenvalue weighted by molar-refractivity contribution is -0.121. The quantitative estimate of drug-likeness (QED) is 0.758. The van der Waals surface area contributed by atoms with E-state index >= 15 is 0 Å². The molecule has 2 N–H and O–H groups in total. The van der Waals surface area contributed by atoms with Crippen LogP contribution in [0.3, 0.4) is 0 Å². The van der Waals surface area contributed by atoms with Crippen LogP contribution in [-0.2, 0) is 24.3 Å². The number of rotatable bonds is 7. The number of benzene rings is 1. The number of hydrogen-bond donors (Lipinski definition) is 2. The number of aryl methyl sites for hydroxylation is 1. The highest BCUT2D eigenvalue weighted by atomic mass is 16.1. The van der Waals surface area contributed by atoms with Crippen molar-refractivity contribution < 1.29 is 4.79 Å². The third kappa shape index (κ3) is 5.12. The van der Waals surface area contributed by atoms with Crippen molar-refractivity contribution in [3.8, 4) is 6.07 Å². The maximum atomic E-state index is 12.4. The summed E-state index contributed by atoms with van der Waals surface area (Å²) in [5, 5.41) is 12.2. The number of carbonyl (C=O) groups is 1. The van der Waals surface area contributed by atoms with Gasteiger partial charge in [-0.2, -0.15) is 5.26 Å². The summed E-state index contributed by atoms with van der Waals surface area (Å²) in [5.41, 5.74) is 4.42. The molecule has 29 heavy (non-hydrogen) atoms. The molecule has 6 nitrogen and oxygen atoms in total. The third-order valence-corrected chi connectivity index (χ3v) is 5.71. The summed E-state index contributed by atoms with van der Waals surface area (Å²) in [6, 6.07) is 10.2. The van der Waals surface area contributed by atoms with Gasteiger partial charge in [0.25, 0.3) is 5.56 Å². The normalized spacial score (nSPS) is 14.0. The van der Waals surface area contributed by atoms with E-state index in [2.05, 4.69) is 27.3 Å². The van der Waals surface area contributed by atoms with Crippen LogP contribution < -0.4 is 10.9 Å². The molecular weight excluding hydrogens is 364 g/mol. The molecule has 1 fully saturated rings. The Kier molecular flexibility index (Phi) is 6.84. The summed E-state index contributed by atoms with van der Waals surface area (Å²) in [6.07, 6.45) is 3.32. The van der Waals surface area contributed by atoms with E-state index in [4.69, 9.17) is 0 Å². The van der Waals surface area contributed by atoms with Crippen molar-refractivity contribution >= 4 is 5.91 Å². The summed E-state index contributed by atoms with van der Waals surface area (Å²) in [5.74, 6) is -0.0375. The van der Waals surface area contributed by atoms with E-state index in [1.807, 2.05) is 18.2 Å². The zero-order valence-electron chi connectivity index (χ0n) is 17.2. The van der Waals surface area contributed by atoms with E-state index in [1.54, 1.807) is 13.8 Å². The van der Waals surface area contributed by atoms with Crippen LogP contribution in [0.25, 0.3) is 0 Å². The molecule has 2 heterocycles. The Morgan fingerprint density at radius 2 is 1.90 bits per heavy atom. The Morgan fingerprint density at radius 1 is 1.21 bits per heavy atom. The number of carbonyl (C=O) groups excluding carboxylic acids is 1. The molecule has 6 heteroatoms. The number of nitrogens with zero attached hydrogens (tertiary/aromatic N) is 2. The molecule has 1 aromatic heterocycles. The van der Waals surface area contributed by atoms with Crippen LogP contribution >= 0.6 is 0 Å². The fourth-order valence-corrected chi connectivity index (χ4v) is 4.01. The Bertz CT molecular complexity index is 981. The van der Waals surface area contributed by atoms with Gasteiger partial charge in [-0.15, -0.1) is 0 Å². The molecular formula is C23H28N4O2. The minimum atomic E-state index is -0.370.